The second-order valence-electron chi connectivity index (χ2n) is 3.31. The highest BCUT2D eigenvalue weighted by molar-refractivity contribution is 5.77. The molecule has 0 spiro atoms. The van der Waals surface area contributed by atoms with Crippen LogP contribution in [0.4, 0.5) is 0 Å². The van der Waals surface area contributed by atoms with Crippen LogP contribution in [0.5, 0.6) is 0 Å². The number of oxime groups is 1. The van der Waals surface area contributed by atoms with Gasteiger partial charge in [0.2, 0.25) is 5.96 Å². The van der Waals surface area contributed by atoms with Crippen molar-refractivity contribution in [3.63, 3.8) is 0 Å². The summed E-state index contributed by atoms with van der Waals surface area (Å²) in [5.74, 6) is 0.195. The quantitative estimate of drug-likeness (QED) is 0.250. The Balaban J connectivity index is 2.44. The normalized spacial score (nSPS) is 23.9. The first-order valence-electron chi connectivity index (χ1n) is 4.64. The van der Waals surface area contributed by atoms with Crippen molar-refractivity contribution in [1.29, 1.82) is 0 Å². The van der Waals surface area contributed by atoms with Crippen molar-refractivity contribution in [2.75, 3.05) is 13.2 Å². The third-order valence-corrected chi connectivity index (χ3v) is 2.47. The molecule has 1 unspecified atom stereocenters. The number of guanidine groups is 1. The van der Waals surface area contributed by atoms with E-state index in [1.165, 1.54) is 0 Å². The molecule has 13 heavy (non-hydrogen) atoms. The van der Waals surface area contributed by atoms with Gasteiger partial charge in [0, 0.05) is 19.2 Å². The summed E-state index contributed by atoms with van der Waals surface area (Å²) in [4.78, 5) is 1.90. The zero-order valence-electron chi connectivity index (χ0n) is 7.69. The molecule has 1 atom stereocenters. The van der Waals surface area contributed by atoms with Gasteiger partial charge in [-0.1, -0.05) is 5.16 Å². The Morgan fingerprint density at radius 3 is 3.00 bits per heavy atom. The third-order valence-electron chi connectivity index (χ3n) is 2.47. The van der Waals surface area contributed by atoms with E-state index in [4.69, 9.17) is 16.0 Å². The van der Waals surface area contributed by atoms with Crippen LogP contribution >= 0.6 is 0 Å². The van der Waals surface area contributed by atoms with E-state index in [-0.39, 0.29) is 12.6 Å². The highest BCUT2D eigenvalue weighted by Crippen LogP contribution is 2.20. The Morgan fingerprint density at radius 2 is 2.38 bits per heavy atom. The first-order chi connectivity index (χ1) is 6.29. The van der Waals surface area contributed by atoms with Gasteiger partial charge < -0.3 is 20.9 Å². The smallest absolute Gasteiger partial charge is 0.233 e. The van der Waals surface area contributed by atoms with Crippen LogP contribution in [-0.4, -0.2) is 40.4 Å². The molecule has 0 aromatic heterocycles. The van der Waals surface area contributed by atoms with E-state index in [1.54, 1.807) is 0 Å². The zero-order chi connectivity index (χ0) is 9.68. The average Bonchev–Trinajstić information content (AvgIpc) is 2.61. The van der Waals surface area contributed by atoms with E-state index >= 15 is 0 Å². The number of aliphatic hydroxyl groups excluding tert-OH is 1. The predicted octanol–water partition coefficient (Wildman–Crippen LogP) is -0.0728. The predicted molar refractivity (Wildman–Crippen MR) is 49.5 cm³/mol. The Labute approximate surface area is 77.8 Å². The minimum Gasteiger partial charge on any atom is -0.408 e. The van der Waals surface area contributed by atoms with Gasteiger partial charge in [-0.2, -0.15) is 0 Å². The molecular weight excluding hydrogens is 170 g/mol. The van der Waals surface area contributed by atoms with Gasteiger partial charge in [0.25, 0.3) is 0 Å². The molecule has 0 aromatic carbocycles. The lowest BCUT2D eigenvalue weighted by molar-refractivity contribution is 0.254. The Bertz CT molecular complexity index is 184. The van der Waals surface area contributed by atoms with Gasteiger partial charge in [0.1, 0.15) is 0 Å². The number of hydrogen-bond donors (Lipinski definition) is 3. The number of aliphatic hydroxyl groups is 1. The molecule has 1 fully saturated rings. The summed E-state index contributed by atoms with van der Waals surface area (Å²) in [7, 11) is 0. The minimum atomic E-state index is 0.195. The van der Waals surface area contributed by atoms with E-state index < -0.39 is 0 Å². The van der Waals surface area contributed by atoms with Crippen molar-refractivity contribution in [3.05, 3.63) is 0 Å². The zero-order valence-corrected chi connectivity index (χ0v) is 7.69. The Hall–Kier alpha value is -0.970. The lowest BCUT2D eigenvalue weighted by Gasteiger charge is -2.24. The molecule has 0 aromatic rings. The largest absolute Gasteiger partial charge is 0.408 e. The van der Waals surface area contributed by atoms with Gasteiger partial charge in [-0.3, -0.25) is 0 Å². The van der Waals surface area contributed by atoms with Crippen molar-refractivity contribution in [2.24, 2.45) is 10.9 Å². The second kappa shape index (κ2) is 4.91. The molecule has 0 radical (unpaired) electrons. The van der Waals surface area contributed by atoms with E-state index in [1.807, 2.05) is 4.90 Å². The van der Waals surface area contributed by atoms with Crippen molar-refractivity contribution >= 4 is 5.96 Å². The van der Waals surface area contributed by atoms with E-state index in [0.29, 0.717) is 6.04 Å². The maximum Gasteiger partial charge on any atom is 0.233 e. The summed E-state index contributed by atoms with van der Waals surface area (Å²) in [6, 6.07) is 0.336. The van der Waals surface area contributed by atoms with E-state index in [0.717, 1.165) is 32.2 Å². The van der Waals surface area contributed by atoms with Crippen LogP contribution in [0.1, 0.15) is 25.7 Å². The monoisotopic (exact) mass is 187 g/mol. The van der Waals surface area contributed by atoms with Crippen LogP contribution in [0, 0.1) is 0 Å². The van der Waals surface area contributed by atoms with Crippen LogP contribution in [0.3, 0.4) is 0 Å². The van der Waals surface area contributed by atoms with E-state index in [9.17, 15) is 0 Å². The van der Waals surface area contributed by atoms with Gasteiger partial charge in [0.05, 0.1) is 0 Å². The fourth-order valence-corrected chi connectivity index (χ4v) is 1.82. The lowest BCUT2D eigenvalue weighted by atomic mass is 10.1. The molecule has 0 saturated carbocycles. The van der Waals surface area contributed by atoms with Crippen molar-refractivity contribution in [3.8, 4) is 0 Å². The molecule has 0 aliphatic carbocycles. The molecule has 0 bridgehead atoms. The summed E-state index contributed by atoms with van der Waals surface area (Å²) < 4.78 is 0. The maximum atomic E-state index is 8.68. The molecule has 1 aliphatic heterocycles. The fourth-order valence-electron chi connectivity index (χ4n) is 1.82. The van der Waals surface area contributed by atoms with Crippen LogP contribution < -0.4 is 5.73 Å². The number of nitrogens with two attached hydrogens (primary N) is 1. The molecule has 1 aliphatic rings. The number of rotatable bonds is 3. The third kappa shape index (κ3) is 2.48. The van der Waals surface area contributed by atoms with Crippen LogP contribution in [0.15, 0.2) is 5.16 Å². The SMILES string of the molecule is NC(=NO)N1CCCC1CCCO. The summed E-state index contributed by atoms with van der Waals surface area (Å²) in [5, 5.41) is 20.2. The summed E-state index contributed by atoms with van der Waals surface area (Å²) in [5.41, 5.74) is 5.50. The molecule has 0 amide bonds. The molecule has 5 heteroatoms. The molecule has 76 valence electrons. The van der Waals surface area contributed by atoms with Crippen molar-refractivity contribution in [1.82, 2.24) is 4.90 Å². The molecule has 1 heterocycles. The van der Waals surface area contributed by atoms with E-state index in [2.05, 4.69) is 5.16 Å². The highest BCUT2D eigenvalue weighted by Gasteiger charge is 2.25. The fraction of sp³-hybridized carbons (Fsp3) is 0.875. The number of likely N-dealkylation sites (tertiary alicyclic amines) is 1. The van der Waals surface area contributed by atoms with Gasteiger partial charge in [-0.15, -0.1) is 0 Å². The molecule has 1 rings (SSSR count). The average molecular weight is 187 g/mol. The Kier molecular flexibility index (Phi) is 3.82. The second-order valence-corrected chi connectivity index (χ2v) is 3.31. The van der Waals surface area contributed by atoms with Crippen LogP contribution in [0.2, 0.25) is 0 Å². The minimum absolute atomic E-state index is 0.195. The summed E-state index contributed by atoms with van der Waals surface area (Å²) in [6.45, 7) is 1.06. The molecule has 4 N–H and O–H groups in total. The Morgan fingerprint density at radius 1 is 1.62 bits per heavy atom. The van der Waals surface area contributed by atoms with Gasteiger partial charge in [-0.25, -0.2) is 0 Å². The first-order valence-corrected chi connectivity index (χ1v) is 4.64. The number of nitrogens with zero attached hydrogens (tertiary/aromatic N) is 2. The maximum absolute atomic E-state index is 8.68. The van der Waals surface area contributed by atoms with Gasteiger partial charge in [-0.05, 0) is 25.7 Å². The highest BCUT2D eigenvalue weighted by atomic mass is 16.4. The molecule has 5 nitrogen and oxygen atoms in total. The van der Waals surface area contributed by atoms with Gasteiger partial charge in [0.15, 0.2) is 0 Å². The summed E-state index contributed by atoms with van der Waals surface area (Å²) >= 11 is 0. The van der Waals surface area contributed by atoms with Crippen LogP contribution in [0.25, 0.3) is 0 Å². The van der Waals surface area contributed by atoms with Gasteiger partial charge >= 0.3 is 0 Å². The van der Waals surface area contributed by atoms with Crippen molar-refractivity contribution < 1.29 is 10.3 Å². The number of hydrogen-bond acceptors (Lipinski definition) is 3. The van der Waals surface area contributed by atoms with Crippen molar-refractivity contribution in [2.45, 2.75) is 31.7 Å². The molecular formula is C8H17N3O2. The molecule has 1 saturated heterocycles. The summed E-state index contributed by atoms with van der Waals surface area (Å²) in [6.07, 6.45) is 3.83. The first kappa shape index (κ1) is 10.1. The van der Waals surface area contributed by atoms with Crippen LogP contribution in [-0.2, 0) is 0 Å². The topological polar surface area (TPSA) is 82.1 Å². The lowest BCUT2D eigenvalue weighted by Crippen LogP contribution is -2.40. The standard InChI is InChI=1S/C8H17N3O2/c9-8(10-13)11-5-1-3-7(11)4-2-6-12/h7,12-13H,1-6H2,(H2,9,10).